The second-order valence-electron chi connectivity index (χ2n) is 2.16. The van der Waals surface area contributed by atoms with E-state index in [1.54, 1.807) is 0 Å². The van der Waals surface area contributed by atoms with Crippen molar-refractivity contribution in [3.05, 3.63) is 0 Å². The molecule has 0 aromatic carbocycles. The number of aliphatic hydroxyl groups is 1. The average Bonchev–Trinajstić information content (AvgIpc) is 1.88. The van der Waals surface area contributed by atoms with Gasteiger partial charge in [-0.05, 0) is 12.8 Å². The van der Waals surface area contributed by atoms with Gasteiger partial charge in [-0.3, -0.25) is 9.59 Å². The first-order chi connectivity index (χ1) is 4.68. The Bertz CT molecular complexity index is 129. The van der Waals surface area contributed by atoms with Crippen LogP contribution in [0, 0.1) is 0 Å². The highest BCUT2D eigenvalue weighted by molar-refractivity contribution is 6.36. The van der Waals surface area contributed by atoms with Gasteiger partial charge in [0.25, 0.3) is 0 Å². The maximum atomic E-state index is 10.6. The third kappa shape index (κ3) is 4.21. The van der Waals surface area contributed by atoms with E-state index in [9.17, 15) is 9.59 Å². The SMILES string of the molecule is CC(=O)C(=O)CCCCO. The van der Waals surface area contributed by atoms with Crippen LogP contribution in [0.1, 0.15) is 26.2 Å². The zero-order valence-corrected chi connectivity index (χ0v) is 6.09. The Morgan fingerprint density at radius 2 is 1.90 bits per heavy atom. The van der Waals surface area contributed by atoms with Crippen molar-refractivity contribution in [1.29, 1.82) is 0 Å². The monoisotopic (exact) mass is 144 g/mol. The lowest BCUT2D eigenvalue weighted by Crippen LogP contribution is -2.08. The Kier molecular flexibility index (Phi) is 4.76. The molecule has 0 aromatic rings. The van der Waals surface area contributed by atoms with E-state index in [0.717, 1.165) is 0 Å². The van der Waals surface area contributed by atoms with Gasteiger partial charge in [0.15, 0.2) is 11.6 Å². The molecule has 3 heteroatoms. The number of hydrogen-bond donors (Lipinski definition) is 1. The lowest BCUT2D eigenvalue weighted by molar-refractivity contribution is -0.135. The summed E-state index contributed by atoms with van der Waals surface area (Å²) in [6.07, 6.45) is 1.48. The normalized spacial score (nSPS) is 9.40. The number of ketones is 2. The zero-order chi connectivity index (χ0) is 7.98. The highest BCUT2D eigenvalue weighted by Gasteiger charge is 2.05. The van der Waals surface area contributed by atoms with Crippen molar-refractivity contribution in [3.63, 3.8) is 0 Å². The van der Waals surface area contributed by atoms with E-state index in [-0.39, 0.29) is 18.8 Å². The fraction of sp³-hybridized carbons (Fsp3) is 0.714. The molecule has 0 atom stereocenters. The standard InChI is InChI=1S/C7H12O3/c1-6(9)7(10)4-2-3-5-8/h8H,2-5H2,1H3. The number of hydrogen-bond acceptors (Lipinski definition) is 3. The second kappa shape index (κ2) is 5.11. The molecule has 0 heterocycles. The first-order valence-electron chi connectivity index (χ1n) is 3.33. The van der Waals surface area contributed by atoms with Crippen LogP contribution in [0.3, 0.4) is 0 Å². The summed E-state index contributed by atoms with van der Waals surface area (Å²) < 4.78 is 0. The molecule has 0 spiro atoms. The first-order valence-corrected chi connectivity index (χ1v) is 3.33. The van der Waals surface area contributed by atoms with E-state index in [1.165, 1.54) is 6.92 Å². The molecule has 0 bridgehead atoms. The lowest BCUT2D eigenvalue weighted by Gasteiger charge is -1.93. The molecule has 58 valence electrons. The summed E-state index contributed by atoms with van der Waals surface area (Å²) in [5.41, 5.74) is 0. The molecule has 3 nitrogen and oxygen atoms in total. The minimum Gasteiger partial charge on any atom is -0.396 e. The highest BCUT2D eigenvalue weighted by Crippen LogP contribution is 1.95. The summed E-state index contributed by atoms with van der Waals surface area (Å²) in [4.78, 5) is 20.9. The summed E-state index contributed by atoms with van der Waals surface area (Å²) >= 11 is 0. The van der Waals surface area contributed by atoms with E-state index >= 15 is 0 Å². The summed E-state index contributed by atoms with van der Waals surface area (Å²) in [6.45, 7) is 1.35. The lowest BCUT2D eigenvalue weighted by atomic mass is 10.1. The van der Waals surface area contributed by atoms with E-state index < -0.39 is 5.78 Å². The smallest absolute Gasteiger partial charge is 0.198 e. The van der Waals surface area contributed by atoms with Crippen molar-refractivity contribution in [2.75, 3.05) is 6.61 Å². The van der Waals surface area contributed by atoms with Gasteiger partial charge in [0.2, 0.25) is 0 Å². The maximum absolute atomic E-state index is 10.6. The number of carbonyl (C=O) groups is 2. The van der Waals surface area contributed by atoms with Gasteiger partial charge in [-0.15, -0.1) is 0 Å². The van der Waals surface area contributed by atoms with Gasteiger partial charge in [0.1, 0.15) is 0 Å². The molecular formula is C7H12O3. The Balaban J connectivity index is 3.31. The van der Waals surface area contributed by atoms with Crippen molar-refractivity contribution in [1.82, 2.24) is 0 Å². The Morgan fingerprint density at radius 3 is 2.30 bits per heavy atom. The topological polar surface area (TPSA) is 54.4 Å². The van der Waals surface area contributed by atoms with Gasteiger partial charge in [-0.2, -0.15) is 0 Å². The molecule has 0 aromatic heterocycles. The number of aliphatic hydroxyl groups excluding tert-OH is 1. The number of unbranched alkanes of at least 4 members (excludes halogenated alkanes) is 1. The van der Waals surface area contributed by atoms with Crippen molar-refractivity contribution >= 4 is 11.6 Å². The molecule has 0 aliphatic heterocycles. The van der Waals surface area contributed by atoms with Crippen molar-refractivity contribution < 1.29 is 14.7 Å². The molecule has 0 saturated carbocycles. The molecule has 0 aliphatic carbocycles. The van der Waals surface area contributed by atoms with Gasteiger partial charge in [0.05, 0.1) is 0 Å². The number of Topliss-reactive ketones (excluding diaryl/α,β-unsaturated/α-hetero) is 2. The van der Waals surface area contributed by atoms with E-state index in [1.807, 2.05) is 0 Å². The van der Waals surface area contributed by atoms with Crippen LogP contribution in [-0.2, 0) is 9.59 Å². The Labute approximate surface area is 60.0 Å². The summed E-state index contributed by atoms with van der Waals surface area (Å²) in [5, 5.41) is 8.32. The molecular weight excluding hydrogens is 132 g/mol. The van der Waals surface area contributed by atoms with E-state index in [0.29, 0.717) is 12.8 Å². The highest BCUT2D eigenvalue weighted by atomic mass is 16.3. The van der Waals surface area contributed by atoms with Crippen LogP contribution in [-0.4, -0.2) is 23.3 Å². The quantitative estimate of drug-likeness (QED) is 0.446. The van der Waals surface area contributed by atoms with Gasteiger partial charge in [-0.1, -0.05) is 0 Å². The van der Waals surface area contributed by atoms with Crippen LogP contribution < -0.4 is 0 Å². The van der Waals surface area contributed by atoms with Crippen molar-refractivity contribution in [2.24, 2.45) is 0 Å². The second-order valence-corrected chi connectivity index (χ2v) is 2.16. The van der Waals surface area contributed by atoms with Crippen molar-refractivity contribution in [2.45, 2.75) is 26.2 Å². The molecule has 0 aliphatic rings. The molecule has 0 fully saturated rings. The number of carbonyl (C=O) groups excluding carboxylic acids is 2. The predicted molar refractivity (Wildman–Crippen MR) is 36.6 cm³/mol. The maximum Gasteiger partial charge on any atom is 0.198 e. The van der Waals surface area contributed by atoms with E-state index in [4.69, 9.17) is 5.11 Å². The molecule has 0 unspecified atom stereocenters. The molecule has 0 rings (SSSR count). The van der Waals surface area contributed by atoms with Gasteiger partial charge < -0.3 is 5.11 Å². The molecule has 1 N–H and O–H groups in total. The number of rotatable bonds is 5. The summed E-state index contributed by atoms with van der Waals surface area (Å²) in [7, 11) is 0. The summed E-state index contributed by atoms with van der Waals surface area (Å²) in [5.74, 6) is -0.730. The van der Waals surface area contributed by atoms with Crippen LogP contribution >= 0.6 is 0 Å². The fourth-order valence-corrected chi connectivity index (χ4v) is 0.573. The summed E-state index contributed by atoms with van der Waals surface area (Å²) in [6, 6.07) is 0. The van der Waals surface area contributed by atoms with Crippen LogP contribution in [0.15, 0.2) is 0 Å². The third-order valence-corrected chi connectivity index (χ3v) is 1.20. The zero-order valence-electron chi connectivity index (χ0n) is 6.09. The van der Waals surface area contributed by atoms with Crippen LogP contribution in [0.2, 0.25) is 0 Å². The van der Waals surface area contributed by atoms with Gasteiger partial charge >= 0.3 is 0 Å². The molecule has 0 saturated heterocycles. The largest absolute Gasteiger partial charge is 0.396 e. The predicted octanol–water partition coefficient (Wildman–Crippen LogP) is 0.307. The van der Waals surface area contributed by atoms with E-state index in [2.05, 4.69) is 0 Å². The molecule has 10 heavy (non-hydrogen) atoms. The first kappa shape index (κ1) is 9.30. The van der Waals surface area contributed by atoms with Crippen LogP contribution in [0.25, 0.3) is 0 Å². The van der Waals surface area contributed by atoms with Crippen molar-refractivity contribution in [3.8, 4) is 0 Å². The van der Waals surface area contributed by atoms with Gasteiger partial charge in [-0.25, -0.2) is 0 Å². The molecule has 0 amide bonds. The Hall–Kier alpha value is -0.700. The van der Waals surface area contributed by atoms with Gasteiger partial charge in [0, 0.05) is 20.0 Å². The van der Waals surface area contributed by atoms with Crippen LogP contribution in [0.4, 0.5) is 0 Å². The molecule has 0 radical (unpaired) electrons. The third-order valence-electron chi connectivity index (χ3n) is 1.20. The average molecular weight is 144 g/mol. The van der Waals surface area contributed by atoms with Crippen LogP contribution in [0.5, 0.6) is 0 Å². The fourth-order valence-electron chi connectivity index (χ4n) is 0.573. The Morgan fingerprint density at radius 1 is 1.30 bits per heavy atom. The minimum absolute atomic E-state index is 0.0885. The minimum atomic E-state index is -0.391.